The summed E-state index contributed by atoms with van der Waals surface area (Å²) >= 11 is 1.57. The van der Waals surface area contributed by atoms with Crippen LogP contribution in [0.3, 0.4) is 0 Å². The highest BCUT2D eigenvalue weighted by molar-refractivity contribution is 7.08. The molecule has 1 aromatic carbocycles. The van der Waals surface area contributed by atoms with Crippen molar-refractivity contribution in [2.75, 3.05) is 6.54 Å². The monoisotopic (exact) mass is 325 g/mol. The number of hydrogen-bond acceptors (Lipinski definition) is 5. The Bertz CT molecular complexity index is 826. The molecular formula is C17H15N3O2S. The molecule has 0 saturated heterocycles. The topological polar surface area (TPSA) is 59.2 Å². The lowest BCUT2D eigenvalue weighted by molar-refractivity contribution is -0.131. The molecule has 0 spiro atoms. The molecule has 3 aromatic rings. The normalized spacial score (nSPS) is 13.8. The second kappa shape index (κ2) is 5.96. The Hall–Kier alpha value is -2.47. The van der Waals surface area contributed by atoms with Crippen molar-refractivity contribution in [2.45, 2.75) is 19.4 Å². The number of hydrogen-bond donors (Lipinski definition) is 0. The summed E-state index contributed by atoms with van der Waals surface area (Å²) in [6.07, 6.45) is 1.05. The third kappa shape index (κ3) is 2.90. The van der Waals surface area contributed by atoms with Gasteiger partial charge in [-0.25, -0.2) is 0 Å². The first-order chi connectivity index (χ1) is 11.3. The van der Waals surface area contributed by atoms with Crippen LogP contribution in [-0.2, 0) is 24.2 Å². The third-order valence-corrected chi connectivity index (χ3v) is 4.70. The van der Waals surface area contributed by atoms with Crippen LogP contribution in [0.25, 0.3) is 11.5 Å². The summed E-state index contributed by atoms with van der Waals surface area (Å²) in [4.78, 5) is 14.3. The van der Waals surface area contributed by atoms with Crippen LogP contribution in [0, 0.1) is 0 Å². The highest BCUT2D eigenvalue weighted by Crippen LogP contribution is 2.22. The van der Waals surface area contributed by atoms with E-state index in [9.17, 15) is 4.79 Å². The lowest BCUT2D eigenvalue weighted by atomic mass is 10.00. The first-order valence-corrected chi connectivity index (χ1v) is 8.43. The second-order valence-electron chi connectivity index (χ2n) is 5.52. The SMILES string of the molecule is O=C(Cc1nnc(-c2ccsc2)o1)N1CCc2ccccc2C1. The maximum absolute atomic E-state index is 12.5. The molecule has 0 atom stereocenters. The van der Waals surface area contributed by atoms with Gasteiger partial charge in [-0.1, -0.05) is 24.3 Å². The number of carbonyl (C=O) groups is 1. The van der Waals surface area contributed by atoms with E-state index < -0.39 is 0 Å². The van der Waals surface area contributed by atoms with Crippen molar-refractivity contribution in [1.29, 1.82) is 0 Å². The van der Waals surface area contributed by atoms with Gasteiger partial charge in [0.15, 0.2) is 0 Å². The molecule has 1 aliphatic rings. The molecule has 5 nitrogen and oxygen atoms in total. The number of thiophene rings is 1. The number of benzene rings is 1. The fraction of sp³-hybridized carbons (Fsp3) is 0.235. The summed E-state index contributed by atoms with van der Waals surface area (Å²) in [5, 5.41) is 11.9. The fourth-order valence-corrected chi connectivity index (χ4v) is 3.41. The van der Waals surface area contributed by atoms with Crippen molar-refractivity contribution in [1.82, 2.24) is 15.1 Å². The zero-order chi connectivity index (χ0) is 15.6. The lowest BCUT2D eigenvalue weighted by Gasteiger charge is -2.28. The number of amides is 1. The first kappa shape index (κ1) is 14.1. The Morgan fingerprint density at radius 1 is 1.22 bits per heavy atom. The lowest BCUT2D eigenvalue weighted by Crippen LogP contribution is -2.36. The van der Waals surface area contributed by atoms with E-state index in [0.717, 1.165) is 18.5 Å². The average Bonchev–Trinajstić information content (AvgIpc) is 3.25. The van der Waals surface area contributed by atoms with Crippen molar-refractivity contribution in [3.05, 3.63) is 58.1 Å². The summed E-state index contributed by atoms with van der Waals surface area (Å²) < 4.78 is 5.60. The number of carbonyl (C=O) groups excluding carboxylic acids is 1. The van der Waals surface area contributed by atoms with Crippen molar-refractivity contribution in [3.63, 3.8) is 0 Å². The summed E-state index contributed by atoms with van der Waals surface area (Å²) in [6, 6.07) is 10.2. The minimum atomic E-state index is 0.0278. The molecule has 0 bridgehead atoms. The molecular weight excluding hydrogens is 310 g/mol. The molecule has 3 heterocycles. The number of nitrogens with zero attached hydrogens (tertiary/aromatic N) is 3. The van der Waals surface area contributed by atoms with Gasteiger partial charge < -0.3 is 9.32 Å². The predicted octanol–water partition coefficient (Wildman–Crippen LogP) is 2.93. The third-order valence-electron chi connectivity index (χ3n) is 4.02. The van der Waals surface area contributed by atoms with E-state index in [1.54, 1.807) is 11.3 Å². The molecule has 0 radical (unpaired) electrons. The van der Waals surface area contributed by atoms with E-state index in [2.05, 4.69) is 22.3 Å². The van der Waals surface area contributed by atoms with Crippen molar-refractivity contribution >= 4 is 17.2 Å². The van der Waals surface area contributed by atoms with Crippen molar-refractivity contribution < 1.29 is 9.21 Å². The summed E-state index contributed by atoms with van der Waals surface area (Å²) in [5.74, 6) is 0.869. The van der Waals surface area contributed by atoms with Crippen LogP contribution < -0.4 is 0 Å². The van der Waals surface area contributed by atoms with Crippen LogP contribution >= 0.6 is 11.3 Å². The molecule has 116 valence electrons. The Morgan fingerprint density at radius 2 is 2.09 bits per heavy atom. The van der Waals surface area contributed by atoms with E-state index >= 15 is 0 Å². The fourth-order valence-electron chi connectivity index (χ4n) is 2.78. The molecule has 0 aliphatic carbocycles. The van der Waals surface area contributed by atoms with Gasteiger partial charge in [-0.2, -0.15) is 11.3 Å². The zero-order valence-electron chi connectivity index (χ0n) is 12.4. The molecule has 0 unspecified atom stereocenters. The molecule has 4 rings (SSSR count). The zero-order valence-corrected chi connectivity index (χ0v) is 13.3. The van der Waals surface area contributed by atoms with Gasteiger partial charge in [0.1, 0.15) is 6.42 Å². The van der Waals surface area contributed by atoms with Crippen LogP contribution in [0.4, 0.5) is 0 Å². The van der Waals surface area contributed by atoms with Crippen molar-refractivity contribution in [3.8, 4) is 11.5 Å². The van der Waals surface area contributed by atoms with E-state index in [0.29, 0.717) is 18.3 Å². The van der Waals surface area contributed by atoms with Gasteiger partial charge in [-0.15, -0.1) is 10.2 Å². The average molecular weight is 325 g/mol. The number of aromatic nitrogens is 2. The maximum atomic E-state index is 12.5. The van der Waals surface area contributed by atoms with Gasteiger partial charge in [-0.3, -0.25) is 4.79 Å². The van der Waals surface area contributed by atoms with E-state index in [1.807, 2.05) is 33.9 Å². The van der Waals surface area contributed by atoms with Crippen LogP contribution in [-0.4, -0.2) is 27.5 Å². The Morgan fingerprint density at radius 3 is 2.91 bits per heavy atom. The molecule has 1 amide bonds. The molecule has 23 heavy (non-hydrogen) atoms. The van der Waals surface area contributed by atoms with E-state index in [-0.39, 0.29) is 12.3 Å². The number of rotatable bonds is 3. The molecule has 0 N–H and O–H groups in total. The maximum Gasteiger partial charge on any atom is 0.248 e. The number of fused-ring (bicyclic) bond motifs is 1. The van der Waals surface area contributed by atoms with Gasteiger partial charge in [0.2, 0.25) is 17.7 Å². The second-order valence-corrected chi connectivity index (χ2v) is 6.30. The van der Waals surface area contributed by atoms with Gasteiger partial charge in [0.05, 0.1) is 0 Å². The van der Waals surface area contributed by atoms with Crippen LogP contribution in [0.2, 0.25) is 0 Å². The predicted molar refractivity (Wildman–Crippen MR) is 86.9 cm³/mol. The minimum Gasteiger partial charge on any atom is -0.420 e. The molecule has 0 saturated carbocycles. The highest BCUT2D eigenvalue weighted by atomic mass is 32.1. The minimum absolute atomic E-state index is 0.0278. The summed E-state index contributed by atoms with van der Waals surface area (Å²) in [7, 11) is 0. The summed E-state index contributed by atoms with van der Waals surface area (Å²) in [6.45, 7) is 1.39. The largest absolute Gasteiger partial charge is 0.420 e. The van der Waals surface area contributed by atoms with Crippen molar-refractivity contribution in [2.24, 2.45) is 0 Å². The van der Waals surface area contributed by atoms with Gasteiger partial charge in [0, 0.05) is 24.0 Å². The Balaban J connectivity index is 1.45. The van der Waals surface area contributed by atoms with Gasteiger partial charge in [-0.05, 0) is 29.0 Å². The smallest absolute Gasteiger partial charge is 0.248 e. The van der Waals surface area contributed by atoms with E-state index in [4.69, 9.17) is 4.42 Å². The quantitative estimate of drug-likeness (QED) is 0.743. The first-order valence-electron chi connectivity index (χ1n) is 7.49. The highest BCUT2D eigenvalue weighted by Gasteiger charge is 2.22. The Kier molecular flexibility index (Phi) is 3.67. The van der Waals surface area contributed by atoms with E-state index in [1.165, 1.54) is 11.1 Å². The molecule has 0 fully saturated rings. The van der Waals surface area contributed by atoms with Gasteiger partial charge >= 0.3 is 0 Å². The molecule has 6 heteroatoms. The summed E-state index contributed by atoms with van der Waals surface area (Å²) in [5.41, 5.74) is 3.44. The standard InChI is InChI=1S/C17H15N3O2S/c21-16(20-7-5-12-3-1-2-4-13(12)10-20)9-15-18-19-17(22-15)14-6-8-23-11-14/h1-4,6,8,11H,5,7,9-10H2. The van der Waals surface area contributed by atoms with Crippen LogP contribution in [0.5, 0.6) is 0 Å². The van der Waals surface area contributed by atoms with Gasteiger partial charge in [0.25, 0.3) is 0 Å². The molecule has 1 aliphatic heterocycles. The molecule has 2 aromatic heterocycles. The van der Waals surface area contributed by atoms with Crippen LogP contribution in [0.15, 0.2) is 45.5 Å². The van der Waals surface area contributed by atoms with Crippen LogP contribution in [0.1, 0.15) is 17.0 Å². The Labute approximate surface area is 137 Å².